The third-order valence-electron chi connectivity index (χ3n) is 3.85. The third-order valence-corrected chi connectivity index (χ3v) is 3.85. The summed E-state index contributed by atoms with van der Waals surface area (Å²) in [5, 5.41) is 0.715. The van der Waals surface area contributed by atoms with Gasteiger partial charge in [0.05, 0.1) is 6.61 Å². The van der Waals surface area contributed by atoms with Crippen molar-refractivity contribution in [1.29, 1.82) is 0 Å². The van der Waals surface area contributed by atoms with E-state index in [4.69, 9.17) is 9.15 Å². The molecule has 0 fully saturated rings. The van der Waals surface area contributed by atoms with Gasteiger partial charge >= 0.3 is 11.6 Å². The molecular formula is C18H22O4. The number of benzene rings is 1. The van der Waals surface area contributed by atoms with Crippen LogP contribution in [0.15, 0.2) is 39.5 Å². The molecule has 0 spiro atoms. The molecule has 0 radical (unpaired) electrons. The van der Waals surface area contributed by atoms with Crippen LogP contribution in [0.4, 0.5) is 0 Å². The van der Waals surface area contributed by atoms with Crippen LogP contribution in [0.1, 0.15) is 49.9 Å². The largest absolute Gasteiger partial charge is 0.462 e. The molecule has 1 unspecified atom stereocenters. The summed E-state index contributed by atoms with van der Waals surface area (Å²) < 4.78 is 10.5. The van der Waals surface area contributed by atoms with Crippen molar-refractivity contribution in [2.45, 2.75) is 39.5 Å². The molecule has 1 aromatic heterocycles. The average Bonchev–Trinajstić information content (AvgIpc) is 2.54. The number of para-hydroxylation sites is 1. The van der Waals surface area contributed by atoms with Crippen molar-refractivity contribution in [2.75, 3.05) is 6.61 Å². The minimum atomic E-state index is -0.648. The lowest BCUT2D eigenvalue weighted by atomic mass is 10.0. The zero-order valence-electron chi connectivity index (χ0n) is 13.1. The first-order valence-corrected chi connectivity index (χ1v) is 7.85. The van der Waals surface area contributed by atoms with Gasteiger partial charge in [0.25, 0.3) is 0 Å². The Labute approximate surface area is 130 Å². The summed E-state index contributed by atoms with van der Waals surface area (Å²) in [6, 6.07) is 8.64. The first-order valence-electron chi connectivity index (χ1n) is 7.85. The Morgan fingerprint density at radius 2 is 2.05 bits per heavy atom. The molecule has 118 valence electrons. The molecule has 0 aliphatic heterocycles. The second-order valence-corrected chi connectivity index (χ2v) is 5.50. The van der Waals surface area contributed by atoms with Crippen LogP contribution in [-0.2, 0) is 4.74 Å². The highest BCUT2D eigenvalue weighted by molar-refractivity contribution is 5.92. The molecule has 4 nitrogen and oxygen atoms in total. The molecule has 0 aliphatic carbocycles. The monoisotopic (exact) mass is 302 g/mol. The van der Waals surface area contributed by atoms with Gasteiger partial charge in [-0.1, -0.05) is 51.3 Å². The predicted octanol–water partition coefficient (Wildman–Crippen LogP) is 4.17. The van der Waals surface area contributed by atoms with E-state index >= 15 is 0 Å². The molecule has 0 bridgehead atoms. The molecule has 1 heterocycles. The van der Waals surface area contributed by atoms with Crippen LogP contribution in [0, 0.1) is 5.92 Å². The predicted molar refractivity (Wildman–Crippen MR) is 86.1 cm³/mol. The van der Waals surface area contributed by atoms with Gasteiger partial charge in [0.15, 0.2) is 0 Å². The van der Waals surface area contributed by atoms with E-state index in [1.165, 1.54) is 6.07 Å². The minimum absolute atomic E-state index is 0.0379. The van der Waals surface area contributed by atoms with Crippen molar-refractivity contribution in [2.24, 2.45) is 5.92 Å². The van der Waals surface area contributed by atoms with Crippen molar-refractivity contribution in [3.05, 3.63) is 46.3 Å². The van der Waals surface area contributed by atoms with Crippen molar-refractivity contribution in [3.8, 4) is 0 Å². The van der Waals surface area contributed by atoms with E-state index in [1.54, 1.807) is 18.2 Å². The number of hydrogen-bond acceptors (Lipinski definition) is 4. The number of ether oxygens (including phenoxy) is 1. The van der Waals surface area contributed by atoms with Crippen LogP contribution >= 0.6 is 0 Å². The van der Waals surface area contributed by atoms with E-state index in [9.17, 15) is 9.59 Å². The van der Waals surface area contributed by atoms with Crippen molar-refractivity contribution in [3.63, 3.8) is 0 Å². The Balaban J connectivity index is 2.09. The summed E-state index contributed by atoms with van der Waals surface area (Å²) in [7, 11) is 0. The zero-order valence-corrected chi connectivity index (χ0v) is 13.1. The molecule has 0 aliphatic rings. The fourth-order valence-electron chi connectivity index (χ4n) is 2.37. The Bertz CT molecular complexity index is 687. The SMILES string of the molecule is CCCCC(CC)COC(=O)c1cc2ccccc2oc1=O. The number of rotatable bonds is 7. The Hall–Kier alpha value is -2.10. The molecular weight excluding hydrogens is 280 g/mol. The van der Waals surface area contributed by atoms with E-state index in [1.807, 2.05) is 6.07 Å². The van der Waals surface area contributed by atoms with Gasteiger partial charge in [0.2, 0.25) is 0 Å². The lowest BCUT2D eigenvalue weighted by Gasteiger charge is -2.14. The second kappa shape index (κ2) is 7.78. The van der Waals surface area contributed by atoms with Gasteiger partial charge in [-0.2, -0.15) is 0 Å². The quantitative estimate of drug-likeness (QED) is 0.569. The number of unbranched alkanes of at least 4 members (excludes halogenated alkanes) is 1. The molecule has 2 rings (SSSR count). The molecule has 0 amide bonds. The molecule has 1 aromatic carbocycles. The van der Waals surface area contributed by atoms with Gasteiger partial charge < -0.3 is 9.15 Å². The molecule has 1 atom stereocenters. The number of fused-ring (bicyclic) bond motifs is 1. The van der Waals surface area contributed by atoms with E-state index in [-0.39, 0.29) is 5.56 Å². The first kappa shape index (κ1) is 16.3. The van der Waals surface area contributed by atoms with Crippen LogP contribution in [0.5, 0.6) is 0 Å². The molecule has 0 saturated carbocycles. The molecule has 2 aromatic rings. The highest BCUT2D eigenvalue weighted by Gasteiger charge is 2.17. The van der Waals surface area contributed by atoms with E-state index in [0.29, 0.717) is 23.5 Å². The van der Waals surface area contributed by atoms with Crippen LogP contribution in [0.3, 0.4) is 0 Å². The third kappa shape index (κ3) is 3.97. The fourth-order valence-corrected chi connectivity index (χ4v) is 2.37. The molecule has 22 heavy (non-hydrogen) atoms. The van der Waals surface area contributed by atoms with Gasteiger partial charge in [-0.25, -0.2) is 9.59 Å². The van der Waals surface area contributed by atoms with Crippen molar-refractivity contribution < 1.29 is 13.9 Å². The van der Waals surface area contributed by atoms with Crippen LogP contribution in [0.25, 0.3) is 11.0 Å². The smallest absolute Gasteiger partial charge is 0.351 e. The fraction of sp³-hybridized carbons (Fsp3) is 0.444. The van der Waals surface area contributed by atoms with Gasteiger partial charge in [-0.3, -0.25) is 0 Å². The minimum Gasteiger partial charge on any atom is -0.462 e. The normalized spacial score (nSPS) is 12.3. The second-order valence-electron chi connectivity index (χ2n) is 5.50. The average molecular weight is 302 g/mol. The van der Waals surface area contributed by atoms with E-state index in [0.717, 1.165) is 25.7 Å². The highest BCUT2D eigenvalue weighted by Crippen LogP contribution is 2.15. The Morgan fingerprint density at radius 1 is 1.27 bits per heavy atom. The van der Waals surface area contributed by atoms with Gasteiger partial charge in [0.1, 0.15) is 11.1 Å². The molecule has 4 heteroatoms. The summed E-state index contributed by atoms with van der Waals surface area (Å²) in [5.74, 6) is -0.258. The van der Waals surface area contributed by atoms with Crippen molar-refractivity contribution >= 4 is 16.9 Å². The number of carbonyl (C=O) groups excluding carboxylic acids is 1. The van der Waals surface area contributed by atoms with Gasteiger partial charge in [-0.05, 0) is 24.5 Å². The summed E-state index contributed by atoms with van der Waals surface area (Å²) in [5.41, 5.74) is -0.215. The lowest BCUT2D eigenvalue weighted by molar-refractivity contribution is 0.0423. The van der Waals surface area contributed by atoms with Crippen LogP contribution < -0.4 is 5.63 Å². The molecule has 0 N–H and O–H groups in total. The number of carbonyl (C=O) groups is 1. The van der Waals surface area contributed by atoms with Gasteiger partial charge in [-0.15, -0.1) is 0 Å². The van der Waals surface area contributed by atoms with Gasteiger partial charge in [0, 0.05) is 5.39 Å². The van der Waals surface area contributed by atoms with E-state index in [2.05, 4.69) is 13.8 Å². The summed E-state index contributed by atoms with van der Waals surface area (Å²) >= 11 is 0. The standard InChI is InChI=1S/C18H22O4/c1-3-5-8-13(4-2)12-21-17(19)15-11-14-9-6-7-10-16(14)22-18(15)20/h6-7,9-11,13H,3-5,8,12H2,1-2H3. The number of esters is 1. The number of hydrogen-bond donors (Lipinski definition) is 0. The topological polar surface area (TPSA) is 56.5 Å². The molecule has 0 saturated heterocycles. The maximum Gasteiger partial charge on any atom is 0.351 e. The lowest BCUT2D eigenvalue weighted by Crippen LogP contribution is -2.19. The summed E-state index contributed by atoms with van der Waals surface area (Å²) in [6.45, 7) is 4.57. The summed E-state index contributed by atoms with van der Waals surface area (Å²) in [4.78, 5) is 24.0. The maximum absolute atomic E-state index is 12.1. The van der Waals surface area contributed by atoms with E-state index < -0.39 is 11.6 Å². The van der Waals surface area contributed by atoms with Crippen LogP contribution in [0.2, 0.25) is 0 Å². The van der Waals surface area contributed by atoms with Crippen molar-refractivity contribution in [1.82, 2.24) is 0 Å². The highest BCUT2D eigenvalue weighted by atomic mass is 16.5. The Kier molecular flexibility index (Phi) is 5.75. The first-order chi connectivity index (χ1) is 10.7. The van der Waals surface area contributed by atoms with Crippen LogP contribution in [-0.4, -0.2) is 12.6 Å². The Morgan fingerprint density at radius 3 is 2.77 bits per heavy atom. The zero-order chi connectivity index (χ0) is 15.9. The summed E-state index contributed by atoms with van der Waals surface area (Å²) in [6.07, 6.45) is 4.24. The maximum atomic E-state index is 12.1.